The Labute approximate surface area is 182 Å². The predicted molar refractivity (Wildman–Crippen MR) is 116 cm³/mol. The smallest absolute Gasteiger partial charge is 0.340 e. The summed E-state index contributed by atoms with van der Waals surface area (Å²) in [6, 6.07) is 7.57. The first-order chi connectivity index (χ1) is 14.8. The summed E-state index contributed by atoms with van der Waals surface area (Å²) in [4.78, 5) is 38.2. The van der Waals surface area contributed by atoms with E-state index in [0.29, 0.717) is 17.1 Å². The first-order valence-corrected chi connectivity index (χ1v) is 9.58. The van der Waals surface area contributed by atoms with Crippen LogP contribution in [0.15, 0.2) is 35.1 Å². The lowest BCUT2D eigenvalue weighted by Crippen LogP contribution is -2.27. The normalized spacial score (nSPS) is 10.6. The minimum absolute atomic E-state index is 0.0214. The molecule has 0 atom stereocenters. The van der Waals surface area contributed by atoms with Crippen molar-refractivity contribution in [3.63, 3.8) is 0 Å². The Morgan fingerprint density at radius 3 is 2.39 bits per heavy atom. The summed E-state index contributed by atoms with van der Waals surface area (Å²) >= 11 is 6.04. The van der Waals surface area contributed by atoms with E-state index in [2.05, 4.69) is 10.4 Å². The number of carbonyl (C=O) groups excluding carboxylic acids is 2. The van der Waals surface area contributed by atoms with Crippen molar-refractivity contribution in [2.75, 3.05) is 26.6 Å². The summed E-state index contributed by atoms with van der Waals surface area (Å²) < 4.78 is 16.8. The Kier molecular flexibility index (Phi) is 6.45. The molecule has 31 heavy (non-hydrogen) atoms. The third-order valence-electron chi connectivity index (χ3n) is 4.61. The van der Waals surface area contributed by atoms with E-state index in [0.717, 1.165) is 0 Å². The zero-order chi connectivity index (χ0) is 22.7. The highest BCUT2D eigenvalue weighted by atomic mass is 35.5. The minimum atomic E-state index is -0.800. The highest BCUT2D eigenvalue weighted by molar-refractivity contribution is 6.31. The number of aromatic nitrogens is 2. The summed E-state index contributed by atoms with van der Waals surface area (Å²) in [6.07, 6.45) is 0. The van der Waals surface area contributed by atoms with Crippen LogP contribution >= 0.6 is 11.6 Å². The molecule has 0 fully saturated rings. The number of aryl methyl sites for hydroxylation is 1. The van der Waals surface area contributed by atoms with Crippen LogP contribution in [0.25, 0.3) is 10.9 Å². The van der Waals surface area contributed by atoms with E-state index in [4.69, 9.17) is 25.8 Å². The van der Waals surface area contributed by atoms with Gasteiger partial charge in [-0.25, -0.2) is 4.79 Å². The number of hydrogen-bond donors (Lipinski definition) is 1. The van der Waals surface area contributed by atoms with Crippen molar-refractivity contribution in [2.45, 2.75) is 13.5 Å². The molecule has 162 valence electrons. The van der Waals surface area contributed by atoms with Crippen molar-refractivity contribution < 1.29 is 23.8 Å². The van der Waals surface area contributed by atoms with Crippen LogP contribution in [-0.2, 0) is 11.3 Å². The molecule has 10 heteroatoms. The molecule has 1 aromatic heterocycles. The van der Waals surface area contributed by atoms with Crippen molar-refractivity contribution >= 4 is 40.1 Å². The maximum Gasteiger partial charge on any atom is 0.340 e. The van der Waals surface area contributed by atoms with Crippen LogP contribution in [0.2, 0.25) is 5.02 Å². The average Bonchev–Trinajstić information content (AvgIpc) is 2.78. The molecule has 0 saturated carbocycles. The Bertz CT molecular complexity index is 1240. The van der Waals surface area contributed by atoms with E-state index in [-0.39, 0.29) is 33.8 Å². The number of rotatable bonds is 6. The summed E-state index contributed by atoms with van der Waals surface area (Å²) in [6.45, 7) is 2.25. The number of benzene rings is 2. The fourth-order valence-electron chi connectivity index (χ4n) is 3.10. The molecular formula is C21H20ClN3O6. The number of fused-ring (bicyclic) bond motifs is 1. The van der Waals surface area contributed by atoms with Crippen molar-refractivity contribution in [1.82, 2.24) is 9.78 Å². The van der Waals surface area contributed by atoms with Crippen LogP contribution in [0.4, 0.5) is 5.69 Å². The SMILES string of the molecule is CCn1nc(C(=O)Nc2cc(OC)c(OC)cc2C(=O)OC)c(=O)c2cc(Cl)ccc21. The fourth-order valence-corrected chi connectivity index (χ4v) is 3.27. The lowest BCUT2D eigenvalue weighted by molar-refractivity contribution is 0.0601. The third kappa shape index (κ3) is 4.17. The number of carbonyl (C=O) groups is 2. The van der Waals surface area contributed by atoms with Crippen LogP contribution in [-0.4, -0.2) is 43.0 Å². The molecule has 9 nitrogen and oxygen atoms in total. The zero-order valence-electron chi connectivity index (χ0n) is 17.3. The van der Waals surface area contributed by atoms with E-state index in [1.54, 1.807) is 12.1 Å². The Morgan fingerprint density at radius 2 is 1.77 bits per heavy atom. The number of hydrogen-bond acceptors (Lipinski definition) is 7. The second kappa shape index (κ2) is 9.05. The van der Waals surface area contributed by atoms with Gasteiger partial charge in [-0.05, 0) is 25.1 Å². The number of nitrogens with one attached hydrogen (secondary N) is 1. The van der Waals surface area contributed by atoms with E-state index in [9.17, 15) is 14.4 Å². The topological polar surface area (TPSA) is 109 Å². The third-order valence-corrected chi connectivity index (χ3v) is 4.84. The van der Waals surface area contributed by atoms with E-state index < -0.39 is 17.3 Å². The molecule has 0 radical (unpaired) electrons. The van der Waals surface area contributed by atoms with E-state index in [1.807, 2.05) is 6.92 Å². The number of methoxy groups -OCH3 is 3. The van der Waals surface area contributed by atoms with Gasteiger partial charge in [0.25, 0.3) is 5.91 Å². The molecule has 0 bridgehead atoms. The van der Waals surface area contributed by atoms with Gasteiger partial charge in [-0.15, -0.1) is 0 Å². The van der Waals surface area contributed by atoms with Crippen LogP contribution in [0.5, 0.6) is 11.5 Å². The highest BCUT2D eigenvalue weighted by Gasteiger charge is 2.23. The lowest BCUT2D eigenvalue weighted by atomic mass is 10.1. The maximum atomic E-state index is 13.0. The second-order valence-electron chi connectivity index (χ2n) is 6.35. The van der Waals surface area contributed by atoms with Gasteiger partial charge in [0.05, 0.1) is 43.5 Å². The van der Waals surface area contributed by atoms with Gasteiger partial charge in [-0.2, -0.15) is 5.10 Å². The molecule has 0 saturated heterocycles. The van der Waals surface area contributed by atoms with Gasteiger partial charge >= 0.3 is 5.97 Å². The number of nitrogens with zero attached hydrogens (tertiary/aromatic N) is 2. The molecule has 1 heterocycles. The standard InChI is InChI=1S/C21H20ClN3O6/c1-5-25-15-7-6-11(22)8-13(15)19(26)18(24-25)20(27)23-14-10-17(30-3)16(29-2)9-12(14)21(28)31-4/h6-10H,5H2,1-4H3,(H,23,27). The van der Waals surface area contributed by atoms with Crippen LogP contribution < -0.4 is 20.2 Å². The Hall–Kier alpha value is -3.59. The first-order valence-electron chi connectivity index (χ1n) is 9.20. The van der Waals surface area contributed by atoms with Gasteiger partial charge in [0.2, 0.25) is 5.43 Å². The van der Waals surface area contributed by atoms with E-state index >= 15 is 0 Å². The average molecular weight is 446 g/mol. The van der Waals surface area contributed by atoms with Gasteiger partial charge in [0.1, 0.15) is 0 Å². The monoisotopic (exact) mass is 445 g/mol. The second-order valence-corrected chi connectivity index (χ2v) is 6.79. The number of halogens is 1. The van der Waals surface area contributed by atoms with Crippen LogP contribution in [0.1, 0.15) is 27.8 Å². The molecule has 0 spiro atoms. The highest BCUT2D eigenvalue weighted by Crippen LogP contribution is 2.34. The van der Waals surface area contributed by atoms with Gasteiger partial charge in [0.15, 0.2) is 17.2 Å². The van der Waals surface area contributed by atoms with Gasteiger partial charge in [-0.1, -0.05) is 11.6 Å². The molecule has 3 rings (SSSR count). The number of anilines is 1. The molecule has 1 N–H and O–H groups in total. The Balaban J connectivity index is 2.13. The molecule has 0 aliphatic carbocycles. The minimum Gasteiger partial charge on any atom is -0.493 e. The zero-order valence-corrected chi connectivity index (χ0v) is 18.1. The van der Waals surface area contributed by atoms with Gasteiger partial charge in [-0.3, -0.25) is 14.3 Å². The van der Waals surface area contributed by atoms with Crippen LogP contribution in [0, 0.1) is 0 Å². The summed E-state index contributed by atoms with van der Waals surface area (Å²) in [5.41, 5.74) is -0.282. The summed E-state index contributed by atoms with van der Waals surface area (Å²) in [5, 5.41) is 7.37. The lowest BCUT2D eigenvalue weighted by Gasteiger charge is -2.15. The quantitative estimate of drug-likeness (QED) is 0.580. The molecule has 2 aromatic carbocycles. The first kappa shape index (κ1) is 22.1. The molecular weight excluding hydrogens is 426 g/mol. The van der Waals surface area contributed by atoms with Crippen LogP contribution in [0.3, 0.4) is 0 Å². The van der Waals surface area contributed by atoms with E-state index in [1.165, 1.54) is 44.2 Å². The molecule has 0 aliphatic heterocycles. The maximum absolute atomic E-state index is 13.0. The number of amides is 1. The molecule has 0 aliphatic rings. The Morgan fingerprint density at radius 1 is 1.10 bits per heavy atom. The van der Waals surface area contributed by atoms with Crippen molar-refractivity contribution in [1.29, 1.82) is 0 Å². The van der Waals surface area contributed by atoms with Crippen molar-refractivity contribution in [2.24, 2.45) is 0 Å². The summed E-state index contributed by atoms with van der Waals surface area (Å²) in [5.74, 6) is -0.964. The predicted octanol–water partition coefficient (Wildman–Crippen LogP) is 3.13. The number of ether oxygens (including phenoxy) is 3. The fraction of sp³-hybridized carbons (Fsp3) is 0.238. The molecule has 0 unspecified atom stereocenters. The van der Waals surface area contributed by atoms with Gasteiger partial charge < -0.3 is 19.5 Å². The summed E-state index contributed by atoms with van der Waals surface area (Å²) in [7, 11) is 4.03. The molecule has 1 amide bonds. The molecule has 3 aromatic rings. The number of esters is 1. The van der Waals surface area contributed by atoms with Crippen molar-refractivity contribution in [3.8, 4) is 11.5 Å². The van der Waals surface area contributed by atoms with Crippen molar-refractivity contribution in [3.05, 3.63) is 56.8 Å². The van der Waals surface area contributed by atoms with Gasteiger partial charge in [0, 0.05) is 23.7 Å². The largest absolute Gasteiger partial charge is 0.493 e.